The third kappa shape index (κ3) is 5.55. The van der Waals surface area contributed by atoms with E-state index in [0.717, 1.165) is 11.1 Å². The standard InChI is InChI=1S/C12H12N2O4/c15-11(16)7-13-5-9-2-1-3-10(4-9)6-14-8-12(17)18/h1-6H,7-8H2,(H,15,16)(H,17,18). The zero-order valence-electron chi connectivity index (χ0n) is 9.48. The molecule has 6 heteroatoms. The number of carboxylic acid groups (broad SMARTS) is 2. The number of rotatable bonds is 6. The van der Waals surface area contributed by atoms with E-state index in [2.05, 4.69) is 9.98 Å². The van der Waals surface area contributed by atoms with Crippen molar-refractivity contribution in [2.45, 2.75) is 0 Å². The van der Waals surface area contributed by atoms with Gasteiger partial charge in [-0.2, -0.15) is 0 Å². The maximum atomic E-state index is 10.3. The van der Waals surface area contributed by atoms with Crippen LogP contribution < -0.4 is 0 Å². The van der Waals surface area contributed by atoms with Crippen molar-refractivity contribution >= 4 is 24.4 Å². The predicted molar refractivity (Wildman–Crippen MR) is 66.6 cm³/mol. The zero-order valence-corrected chi connectivity index (χ0v) is 9.48. The summed E-state index contributed by atoms with van der Waals surface area (Å²) in [6.45, 7) is -0.561. The summed E-state index contributed by atoms with van der Waals surface area (Å²) in [4.78, 5) is 28.0. The van der Waals surface area contributed by atoms with Gasteiger partial charge in [0.15, 0.2) is 0 Å². The van der Waals surface area contributed by atoms with E-state index in [9.17, 15) is 9.59 Å². The second-order valence-corrected chi connectivity index (χ2v) is 3.40. The van der Waals surface area contributed by atoms with Gasteiger partial charge in [-0.25, -0.2) is 0 Å². The molecule has 1 aromatic rings. The Labute approximate surface area is 103 Å². The van der Waals surface area contributed by atoms with Crippen molar-refractivity contribution in [3.8, 4) is 0 Å². The lowest BCUT2D eigenvalue weighted by Crippen LogP contribution is -2.00. The topological polar surface area (TPSA) is 99.3 Å². The van der Waals surface area contributed by atoms with Crippen LogP contribution in [0.4, 0.5) is 0 Å². The average molecular weight is 248 g/mol. The third-order valence-electron chi connectivity index (χ3n) is 1.84. The molecule has 0 radical (unpaired) electrons. The molecule has 0 aliphatic heterocycles. The average Bonchev–Trinajstić information content (AvgIpc) is 2.28. The van der Waals surface area contributed by atoms with E-state index in [0.29, 0.717) is 0 Å². The Morgan fingerprint density at radius 1 is 1.00 bits per heavy atom. The van der Waals surface area contributed by atoms with Crippen molar-refractivity contribution in [3.05, 3.63) is 35.4 Å². The number of benzene rings is 1. The van der Waals surface area contributed by atoms with Gasteiger partial charge >= 0.3 is 11.9 Å². The highest BCUT2D eigenvalue weighted by molar-refractivity contribution is 5.87. The number of aliphatic imine (C=N–C) groups is 2. The zero-order chi connectivity index (χ0) is 13.4. The number of carbonyl (C=O) groups is 2. The Bertz CT molecular complexity index is 453. The van der Waals surface area contributed by atoms with Gasteiger partial charge < -0.3 is 10.2 Å². The monoisotopic (exact) mass is 248 g/mol. The molecule has 0 fully saturated rings. The van der Waals surface area contributed by atoms with Crippen LogP contribution in [0.25, 0.3) is 0 Å². The highest BCUT2D eigenvalue weighted by Crippen LogP contribution is 2.01. The van der Waals surface area contributed by atoms with Crippen molar-refractivity contribution in [2.24, 2.45) is 9.98 Å². The highest BCUT2D eigenvalue weighted by atomic mass is 16.4. The van der Waals surface area contributed by atoms with Crippen LogP contribution in [0.2, 0.25) is 0 Å². The van der Waals surface area contributed by atoms with E-state index in [1.807, 2.05) is 0 Å². The summed E-state index contributed by atoms with van der Waals surface area (Å²) in [7, 11) is 0. The molecule has 0 atom stereocenters. The Morgan fingerprint density at radius 3 is 1.83 bits per heavy atom. The first kappa shape index (κ1) is 13.6. The minimum absolute atomic E-state index is 0.280. The molecule has 0 bridgehead atoms. The van der Waals surface area contributed by atoms with Crippen LogP contribution in [0.1, 0.15) is 11.1 Å². The van der Waals surface area contributed by atoms with Crippen molar-refractivity contribution in [2.75, 3.05) is 13.1 Å². The summed E-state index contributed by atoms with van der Waals surface area (Å²) in [5, 5.41) is 16.8. The molecule has 0 heterocycles. The Kier molecular flexibility index (Phi) is 5.24. The van der Waals surface area contributed by atoms with Crippen LogP contribution in [-0.4, -0.2) is 47.7 Å². The second-order valence-electron chi connectivity index (χ2n) is 3.40. The summed E-state index contributed by atoms with van der Waals surface area (Å²) in [6, 6.07) is 7.01. The van der Waals surface area contributed by atoms with E-state index in [4.69, 9.17) is 10.2 Å². The summed E-state index contributed by atoms with van der Waals surface area (Å²) in [5.41, 5.74) is 1.46. The fourth-order valence-electron chi connectivity index (χ4n) is 1.18. The Hall–Kier alpha value is -2.50. The molecule has 0 unspecified atom stereocenters. The minimum atomic E-state index is -0.995. The first-order valence-electron chi connectivity index (χ1n) is 5.11. The number of hydrogen-bond acceptors (Lipinski definition) is 4. The summed E-state index contributed by atoms with van der Waals surface area (Å²) >= 11 is 0. The first-order chi connectivity index (χ1) is 8.58. The lowest BCUT2D eigenvalue weighted by Gasteiger charge is -1.95. The van der Waals surface area contributed by atoms with Gasteiger partial charge in [-0.1, -0.05) is 18.2 Å². The summed E-state index contributed by atoms with van der Waals surface area (Å²) in [5.74, 6) is -1.99. The maximum absolute atomic E-state index is 10.3. The van der Waals surface area contributed by atoms with E-state index >= 15 is 0 Å². The van der Waals surface area contributed by atoms with Gasteiger partial charge in [-0.15, -0.1) is 0 Å². The van der Waals surface area contributed by atoms with Gasteiger partial charge in [0.25, 0.3) is 0 Å². The molecule has 0 amide bonds. The van der Waals surface area contributed by atoms with Crippen molar-refractivity contribution in [3.63, 3.8) is 0 Å². The van der Waals surface area contributed by atoms with Crippen LogP contribution in [0.5, 0.6) is 0 Å². The molecule has 0 aromatic heterocycles. The van der Waals surface area contributed by atoms with Crippen LogP contribution in [0.15, 0.2) is 34.3 Å². The molecular formula is C12H12N2O4. The Balaban J connectivity index is 2.67. The molecule has 1 aromatic carbocycles. The second kappa shape index (κ2) is 6.95. The normalized spacial score (nSPS) is 11.1. The highest BCUT2D eigenvalue weighted by Gasteiger charge is 1.94. The lowest BCUT2D eigenvalue weighted by molar-refractivity contribution is -0.136. The fraction of sp³-hybridized carbons (Fsp3) is 0.167. The van der Waals surface area contributed by atoms with Crippen molar-refractivity contribution in [1.82, 2.24) is 0 Å². The molecule has 1 rings (SSSR count). The predicted octanol–water partition coefficient (Wildman–Crippen LogP) is 0.694. The Morgan fingerprint density at radius 2 is 1.44 bits per heavy atom. The molecule has 0 aliphatic rings. The van der Waals surface area contributed by atoms with E-state index in [1.54, 1.807) is 24.3 Å². The molecule has 0 spiro atoms. The van der Waals surface area contributed by atoms with E-state index < -0.39 is 11.9 Å². The van der Waals surface area contributed by atoms with E-state index in [1.165, 1.54) is 12.4 Å². The molecule has 6 nitrogen and oxygen atoms in total. The third-order valence-corrected chi connectivity index (χ3v) is 1.84. The molecule has 0 saturated heterocycles. The van der Waals surface area contributed by atoms with Crippen LogP contribution in [0, 0.1) is 0 Å². The van der Waals surface area contributed by atoms with Gasteiger partial charge in [-0.05, 0) is 17.2 Å². The molecule has 0 aliphatic carbocycles. The van der Waals surface area contributed by atoms with Crippen molar-refractivity contribution < 1.29 is 19.8 Å². The molecule has 18 heavy (non-hydrogen) atoms. The number of nitrogens with zero attached hydrogens (tertiary/aromatic N) is 2. The molecule has 2 N–H and O–H groups in total. The maximum Gasteiger partial charge on any atom is 0.325 e. The van der Waals surface area contributed by atoms with Crippen molar-refractivity contribution in [1.29, 1.82) is 0 Å². The SMILES string of the molecule is O=C(O)CN=Cc1cccc(C=NCC(=O)O)c1. The van der Waals surface area contributed by atoms with Crippen LogP contribution in [0.3, 0.4) is 0 Å². The van der Waals surface area contributed by atoms with Gasteiger partial charge in [0, 0.05) is 12.4 Å². The van der Waals surface area contributed by atoms with Crippen LogP contribution >= 0.6 is 0 Å². The fourth-order valence-corrected chi connectivity index (χ4v) is 1.18. The molecular weight excluding hydrogens is 236 g/mol. The largest absolute Gasteiger partial charge is 0.480 e. The van der Waals surface area contributed by atoms with Gasteiger partial charge in [0.05, 0.1) is 0 Å². The van der Waals surface area contributed by atoms with Crippen LogP contribution in [-0.2, 0) is 9.59 Å². The van der Waals surface area contributed by atoms with E-state index in [-0.39, 0.29) is 13.1 Å². The number of carboxylic acids is 2. The van der Waals surface area contributed by atoms with Gasteiger partial charge in [0.2, 0.25) is 0 Å². The number of hydrogen-bond donors (Lipinski definition) is 2. The minimum Gasteiger partial charge on any atom is -0.480 e. The summed E-state index contributed by atoms with van der Waals surface area (Å²) in [6.07, 6.45) is 2.89. The van der Waals surface area contributed by atoms with Gasteiger partial charge in [-0.3, -0.25) is 19.6 Å². The summed E-state index contributed by atoms with van der Waals surface area (Å²) < 4.78 is 0. The molecule has 0 saturated carbocycles. The first-order valence-corrected chi connectivity index (χ1v) is 5.11. The lowest BCUT2D eigenvalue weighted by atomic mass is 10.1. The quantitative estimate of drug-likeness (QED) is 0.723. The number of aliphatic carboxylic acids is 2. The smallest absolute Gasteiger partial charge is 0.325 e. The molecule has 94 valence electrons. The van der Waals surface area contributed by atoms with Gasteiger partial charge in [0.1, 0.15) is 13.1 Å².